The molecule has 278 valence electrons. The fraction of sp³-hybridized carbons (Fsp3) is 0.667. The molecule has 1 aromatic rings. The first-order valence-electron chi connectivity index (χ1n) is 17.4. The molecular formula is C36H45NO13S. The summed E-state index contributed by atoms with van der Waals surface area (Å²) in [4.78, 5) is 77.0. The summed E-state index contributed by atoms with van der Waals surface area (Å²) in [5.41, 5.74) is 1.15. The summed E-state index contributed by atoms with van der Waals surface area (Å²) in [6, 6.07) is 5.75. The summed E-state index contributed by atoms with van der Waals surface area (Å²) in [6.07, 6.45) is -0.882. The van der Waals surface area contributed by atoms with E-state index in [0.29, 0.717) is 28.9 Å². The Balaban J connectivity index is 1.45. The molecule has 14 nitrogen and oxygen atoms in total. The zero-order valence-electron chi connectivity index (χ0n) is 29.2. The van der Waals surface area contributed by atoms with Crippen molar-refractivity contribution < 1.29 is 62.3 Å². The van der Waals surface area contributed by atoms with Gasteiger partial charge in [0.1, 0.15) is 31.5 Å². The number of imide groups is 1. The highest BCUT2D eigenvalue weighted by Gasteiger charge is 2.66. The number of rotatable bonds is 12. The summed E-state index contributed by atoms with van der Waals surface area (Å²) >= 11 is 1.35. The normalized spacial score (nSPS) is 33.0. The van der Waals surface area contributed by atoms with Crippen molar-refractivity contribution in [3.05, 3.63) is 35.4 Å². The van der Waals surface area contributed by atoms with Gasteiger partial charge in [-0.05, 0) is 67.4 Å². The molecule has 15 heteroatoms. The molecule has 0 aromatic heterocycles. The second-order valence-electron chi connectivity index (χ2n) is 14.6. The molecular weight excluding hydrogens is 686 g/mol. The van der Waals surface area contributed by atoms with Crippen LogP contribution in [-0.4, -0.2) is 92.6 Å². The summed E-state index contributed by atoms with van der Waals surface area (Å²) in [6.45, 7) is 3.53. The van der Waals surface area contributed by atoms with Gasteiger partial charge in [-0.25, -0.2) is 14.5 Å². The fourth-order valence-electron chi connectivity index (χ4n) is 9.27. The second-order valence-corrected chi connectivity index (χ2v) is 16.3. The number of nitrogens with zero attached hydrogens (tertiary/aromatic N) is 1. The molecule has 2 aliphatic heterocycles. The van der Waals surface area contributed by atoms with Gasteiger partial charge in [0.15, 0.2) is 12.2 Å². The van der Waals surface area contributed by atoms with Crippen LogP contribution in [0.2, 0.25) is 0 Å². The fourth-order valence-corrected chi connectivity index (χ4v) is 11.5. The number of amides is 2. The van der Waals surface area contributed by atoms with Gasteiger partial charge in [0.05, 0.1) is 6.61 Å². The molecule has 2 saturated heterocycles. The first-order valence-corrected chi connectivity index (χ1v) is 18.2. The van der Waals surface area contributed by atoms with E-state index in [1.807, 2.05) is 0 Å². The van der Waals surface area contributed by atoms with Crippen molar-refractivity contribution in [1.82, 2.24) is 4.90 Å². The number of benzene rings is 1. The molecule has 4 saturated carbocycles. The van der Waals surface area contributed by atoms with E-state index in [4.69, 9.17) is 28.4 Å². The molecule has 7 rings (SSSR count). The van der Waals surface area contributed by atoms with Crippen LogP contribution < -0.4 is 0 Å². The van der Waals surface area contributed by atoms with Gasteiger partial charge in [0.2, 0.25) is 10.8 Å². The molecule has 6 atom stereocenters. The molecule has 0 unspecified atom stereocenters. The predicted molar refractivity (Wildman–Crippen MR) is 177 cm³/mol. The van der Waals surface area contributed by atoms with E-state index in [9.17, 15) is 33.9 Å². The number of aliphatic hydroxyl groups is 1. The molecule has 0 spiro atoms. The maximum absolute atomic E-state index is 14.7. The predicted octanol–water partition coefficient (Wildman–Crippen LogP) is 3.57. The number of hydrogen-bond donors (Lipinski definition) is 1. The lowest BCUT2D eigenvalue weighted by atomic mass is 9.56. The first-order chi connectivity index (χ1) is 24.2. The highest BCUT2D eigenvalue weighted by atomic mass is 32.2. The number of carbonyl (C=O) groups is 6. The van der Waals surface area contributed by atoms with E-state index < -0.39 is 77.9 Å². The maximum Gasteiger partial charge on any atom is 0.417 e. The van der Waals surface area contributed by atoms with E-state index in [0.717, 1.165) is 64.2 Å². The standard InChI is InChI=1S/C36H45NO13S/c1-19(39)37-30-28(49-34(37)44)15-36(33(43)46-17-27-8-6-5-7-26(27)16-38,51-35-12-23-9-24(13-35)11-25(10-23)14-35)50-32(30)31(48-22(4)42)29(47-21(3)41)18-45-20(2)40/h5-8,23-25,28-32,38H,9-18H2,1-4H3/t23?,24?,25?,28-,29+,30+,31+,32+,35?,36+/m0/s1. The Hall–Kier alpha value is -3.69. The lowest BCUT2D eigenvalue weighted by Gasteiger charge is -2.59. The molecule has 1 aromatic carbocycles. The minimum Gasteiger partial charge on any atom is -0.462 e. The van der Waals surface area contributed by atoms with Crippen LogP contribution in [0, 0.1) is 17.8 Å². The SMILES string of the molecule is CC(=O)OC[C@@H](OC(C)=O)[C@@H](OC(C)=O)[C@@H]1O[C@](SC23CC4CC(CC(C4)C2)C3)(C(=O)OCc2ccccc2CO)C[C@@H]2OC(=O)N(C(C)=O)[C@@H]12. The van der Waals surface area contributed by atoms with Crippen LogP contribution in [0.3, 0.4) is 0 Å². The smallest absolute Gasteiger partial charge is 0.417 e. The van der Waals surface area contributed by atoms with Gasteiger partial charge < -0.3 is 33.5 Å². The molecule has 2 amide bonds. The van der Waals surface area contributed by atoms with Crippen molar-refractivity contribution in [2.24, 2.45) is 17.8 Å². The van der Waals surface area contributed by atoms with Crippen LogP contribution in [0.5, 0.6) is 0 Å². The molecule has 0 radical (unpaired) electrons. The number of ether oxygens (including phenoxy) is 6. The Morgan fingerprint density at radius 2 is 1.49 bits per heavy atom. The van der Waals surface area contributed by atoms with E-state index in [2.05, 4.69) is 0 Å². The van der Waals surface area contributed by atoms with Gasteiger partial charge in [-0.1, -0.05) is 24.3 Å². The molecule has 6 fully saturated rings. The average molecular weight is 732 g/mol. The minimum absolute atomic E-state index is 0.189. The zero-order chi connectivity index (χ0) is 36.7. The minimum atomic E-state index is -1.85. The van der Waals surface area contributed by atoms with Gasteiger partial charge in [-0.2, -0.15) is 0 Å². The number of hydrogen-bond acceptors (Lipinski definition) is 14. The highest BCUT2D eigenvalue weighted by Crippen LogP contribution is 2.64. The molecule has 4 aliphatic carbocycles. The van der Waals surface area contributed by atoms with E-state index >= 15 is 0 Å². The lowest BCUT2D eigenvalue weighted by molar-refractivity contribution is -0.220. The largest absolute Gasteiger partial charge is 0.462 e. The van der Waals surface area contributed by atoms with Crippen molar-refractivity contribution in [2.75, 3.05) is 6.61 Å². The van der Waals surface area contributed by atoms with Gasteiger partial charge in [0.25, 0.3) is 0 Å². The van der Waals surface area contributed by atoms with E-state index in [-0.39, 0.29) is 24.4 Å². The van der Waals surface area contributed by atoms with Gasteiger partial charge in [0, 0.05) is 38.9 Å². The monoisotopic (exact) mass is 731 g/mol. The van der Waals surface area contributed by atoms with E-state index in [1.165, 1.54) is 18.7 Å². The lowest BCUT2D eigenvalue weighted by Crippen LogP contribution is -2.66. The number of esters is 4. The molecule has 2 heterocycles. The number of fused-ring (bicyclic) bond motifs is 1. The topological polar surface area (TPSA) is 181 Å². The average Bonchev–Trinajstić information content (AvgIpc) is 3.38. The van der Waals surface area contributed by atoms with Crippen molar-refractivity contribution >= 4 is 47.6 Å². The summed E-state index contributed by atoms with van der Waals surface area (Å²) < 4.78 is 34.8. The Labute approximate surface area is 300 Å². The molecule has 6 aliphatic rings. The highest BCUT2D eigenvalue weighted by molar-refractivity contribution is 8.02. The maximum atomic E-state index is 14.7. The summed E-state index contributed by atoms with van der Waals surface area (Å²) in [5, 5.41) is 9.92. The summed E-state index contributed by atoms with van der Waals surface area (Å²) in [5.74, 6) is -2.32. The first kappa shape index (κ1) is 37.1. The Bertz CT molecular complexity index is 1530. The molecule has 4 bridgehead atoms. The Morgan fingerprint density at radius 3 is 2.04 bits per heavy atom. The molecule has 51 heavy (non-hydrogen) atoms. The van der Waals surface area contributed by atoms with Crippen LogP contribution in [0.15, 0.2) is 24.3 Å². The third-order valence-corrected chi connectivity index (χ3v) is 12.4. The molecule has 1 N–H and O–H groups in total. The van der Waals surface area contributed by atoms with Crippen molar-refractivity contribution in [3.63, 3.8) is 0 Å². The van der Waals surface area contributed by atoms with Crippen molar-refractivity contribution in [1.29, 1.82) is 0 Å². The third kappa shape index (κ3) is 7.75. The Kier molecular flexibility index (Phi) is 10.7. The van der Waals surface area contributed by atoms with Crippen LogP contribution >= 0.6 is 11.8 Å². The van der Waals surface area contributed by atoms with Gasteiger partial charge in [-0.3, -0.25) is 19.2 Å². The van der Waals surface area contributed by atoms with E-state index in [1.54, 1.807) is 24.3 Å². The third-order valence-electron chi connectivity index (χ3n) is 10.7. The van der Waals surface area contributed by atoms with Crippen LogP contribution in [-0.2, 0) is 65.6 Å². The Morgan fingerprint density at radius 1 is 0.882 bits per heavy atom. The van der Waals surface area contributed by atoms with Gasteiger partial charge >= 0.3 is 30.0 Å². The summed E-state index contributed by atoms with van der Waals surface area (Å²) in [7, 11) is 0. The zero-order valence-corrected chi connectivity index (χ0v) is 30.0. The van der Waals surface area contributed by atoms with Crippen molar-refractivity contribution in [3.8, 4) is 0 Å². The quantitative estimate of drug-likeness (QED) is 0.243. The van der Waals surface area contributed by atoms with Crippen LogP contribution in [0.1, 0.15) is 83.8 Å². The van der Waals surface area contributed by atoms with Gasteiger partial charge in [-0.15, -0.1) is 11.8 Å². The number of thioether (sulfide) groups is 1. The number of carbonyl (C=O) groups excluding carboxylic acids is 6. The van der Waals surface area contributed by atoms with Crippen LogP contribution in [0.4, 0.5) is 4.79 Å². The number of aliphatic hydroxyl groups excluding tert-OH is 1. The second kappa shape index (κ2) is 14.7. The van der Waals surface area contributed by atoms with Crippen molar-refractivity contribution in [2.45, 2.75) is 126 Å². The van der Waals surface area contributed by atoms with Crippen LogP contribution in [0.25, 0.3) is 0 Å².